The zero-order valence-corrected chi connectivity index (χ0v) is 12.1. The number of alkyl halides is 1. The van der Waals surface area contributed by atoms with Gasteiger partial charge in [0.05, 0.1) is 23.8 Å². The SMILES string of the molecule is CCC(CC)Oc1ccc(F)cc1NCC(O)CCl. The normalized spacial score (nSPS) is 12.5. The summed E-state index contributed by atoms with van der Waals surface area (Å²) in [5.74, 6) is 0.377. The molecule has 1 atom stereocenters. The second-order valence-electron chi connectivity index (χ2n) is 4.39. The van der Waals surface area contributed by atoms with Gasteiger partial charge in [0, 0.05) is 12.6 Å². The third-order valence-electron chi connectivity index (χ3n) is 2.85. The van der Waals surface area contributed by atoms with Crippen molar-refractivity contribution in [2.75, 3.05) is 17.7 Å². The highest BCUT2D eigenvalue weighted by atomic mass is 35.5. The average molecular weight is 290 g/mol. The molecule has 0 radical (unpaired) electrons. The summed E-state index contributed by atoms with van der Waals surface area (Å²) in [7, 11) is 0. The maximum atomic E-state index is 13.3. The Kier molecular flexibility index (Phi) is 6.95. The Labute approximate surface area is 118 Å². The first-order valence-corrected chi connectivity index (χ1v) is 7.08. The fraction of sp³-hybridized carbons (Fsp3) is 0.571. The number of benzene rings is 1. The lowest BCUT2D eigenvalue weighted by atomic mass is 10.2. The topological polar surface area (TPSA) is 41.5 Å². The van der Waals surface area contributed by atoms with Gasteiger partial charge in [-0.2, -0.15) is 0 Å². The molecule has 0 spiro atoms. The van der Waals surface area contributed by atoms with Crippen molar-refractivity contribution in [1.29, 1.82) is 0 Å². The number of nitrogens with one attached hydrogen (secondary N) is 1. The quantitative estimate of drug-likeness (QED) is 0.721. The molecule has 0 aromatic heterocycles. The van der Waals surface area contributed by atoms with Crippen LogP contribution in [0.4, 0.5) is 10.1 Å². The monoisotopic (exact) mass is 289 g/mol. The Balaban J connectivity index is 2.78. The summed E-state index contributed by atoms with van der Waals surface area (Å²) in [5.41, 5.74) is 0.538. The molecular formula is C14H21ClFNO2. The molecule has 2 N–H and O–H groups in total. The smallest absolute Gasteiger partial charge is 0.143 e. The van der Waals surface area contributed by atoms with E-state index in [0.29, 0.717) is 11.4 Å². The largest absolute Gasteiger partial charge is 0.488 e. The summed E-state index contributed by atoms with van der Waals surface area (Å²) in [4.78, 5) is 0. The standard InChI is InChI=1S/C14H21ClFNO2/c1-3-12(4-2)19-14-6-5-10(16)7-13(14)17-9-11(18)8-15/h5-7,11-12,17-18H,3-4,8-9H2,1-2H3. The van der Waals surface area contributed by atoms with Crippen molar-refractivity contribution in [2.45, 2.75) is 38.9 Å². The Morgan fingerprint density at radius 1 is 1.37 bits per heavy atom. The van der Waals surface area contributed by atoms with Crippen molar-refractivity contribution < 1.29 is 14.2 Å². The second-order valence-corrected chi connectivity index (χ2v) is 4.69. The Hall–Kier alpha value is -1.00. The van der Waals surface area contributed by atoms with Crippen molar-refractivity contribution in [3.8, 4) is 5.75 Å². The van der Waals surface area contributed by atoms with Crippen LogP contribution in [0.15, 0.2) is 18.2 Å². The van der Waals surface area contributed by atoms with Crippen LogP contribution >= 0.6 is 11.6 Å². The molecule has 1 aromatic rings. The van der Waals surface area contributed by atoms with Crippen molar-refractivity contribution in [3.63, 3.8) is 0 Å². The highest BCUT2D eigenvalue weighted by molar-refractivity contribution is 6.18. The lowest BCUT2D eigenvalue weighted by Gasteiger charge is -2.19. The van der Waals surface area contributed by atoms with E-state index in [-0.39, 0.29) is 24.3 Å². The van der Waals surface area contributed by atoms with Gasteiger partial charge in [0.2, 0.25) is 0 Å². The number of aliphatic hydroxyl groups is 1. The van der Waals surface area contributed by atoms with Gasteiger partial charge in [-0.05, 0) is 25.0 Å². The van der Waals surface area contributed by atoms with Gasteiger partial charge in [-0.15, -0.1) is 11.6 Å². The van der Waals surface area contributed by atoms with E-state index in [0.717, 1.165) is 12.8 Å². The van der Waals surface area contributed by atoms with Crippen LogP contribution < -0.4 is 10.1 Å². The van der Waals surface area contributed by atoms with Crippen LogP contribution in [0.5, 0.6) is 5.75 Å². The number of halogens is 2. The van der Waals surface area contributed by atoms with E-state index in [1.165, 1.54) is 12.1 Å². The number of hydrogen-bond acceptors (Lipinski definition) is 3. The van der Waals surface area contributed by atoms with Gasteiger partial charge >= 0.3 is 0 Å². The van der Waals surface area contributed by atoms with Gasteiger partial charge in [-0.25, -0.2) is 4.39 Å². The van der Waals surface area contributed by atoms with Crippen LogP contribution in [-0.4, -0.2) is 29.7 Å². The molecule has 0 aliphatic carbocycles. The first kappa shape index (κ1) is 16.1. The van der Waals surface area contributed by atoms with E-state index in [1.807, 2.05) is 13.8 Å². The molecule has 0 aliphatic rings. The third-order valence-corrected chi connectivity index (χ3v) is 3.21. The molecule has 1 rings (SSSR count). The van der Waals surface area contributed by atoms with Gasteiger partial charge in [0.25, 0.3) is 0 Å². The molecule has 3 nitrogen and oxygen atoms in total. The maximum Gasteiger partial charge on any atom is 0.143 e. The summed E-state index contributed by atoms with van der Waals surface area (Å²) in [6, 6.07) is 4.32. The van der Waals surface area contributed by atoms with E-state index in [2.05, 4.69) is 5.32 Å². The fourth-order valence-corrected chi connectivity index (χ4v) is 1.77. The number of ether oxygens (including phenoxy) is 1. The molecule has 1 unspecified atom stereocenters. The molecule has 0 aliphatic heterocycles. The zero-order valence-electron chi connectivity index (χ0n) is 11.3. The summed E-state index contributed by atoms with van der Waals surface area (Å²) >= 11 is 5.52. The summed E-state index contributed by atoms with van der Waals surface area (Å²) < 4.78 is 19.1. The minimum absolute atomic E-state index is 0.101. The number of aliphatic hydroxyl groups excluding tert-OH is 1. The van der Waals surface area contributed by atoms with Crippen LogP contribution in [0.3, 0.4) is 0 Å². The Morgan fingerprint density at radius 3 is 2.63 bits per heavy atom. The van der Waals surface area contributed by atoms with Gasteiger partial charge in [0.15, 0.2) is 0 Å². The van der Waals surface area contributed by atoms with Crippen molar-refractivity contribution in [2.24, 2.45) is 0 Å². The van der Waals surface area contributed by atoms with Gasteiger partial charge in [-0.1, -0.05) is 13.8 Å². The van der Waals surface area contributed by atoms with E-state index in [4.69, 9.17) is 16.3 Å². The minimum Gasteiger partial charge on any atom is -0.488 e. The first-order chi connectivity index (χ1) is 9.10. The van der Waals surface area contributed by atoms with Gasteiger partial charge in [0.1, 0.15) is 11.6 Å². The van der Waals surface area contributed by atoms with Crippen molar-refractivity contribution >= 4 is 17.3 Å². The average Bonchev–Trinajstić information content (AvgIpc) is 2.43. The van der Waals surface area contributed by atoms with Gasteiger partial charge in [-0.3, -0.25) is 0 Å². The summed E-state index contributed by atoms with van der Waals surface area (Å²) in [6.45, 7) is 4.34. The van der Waals surface area contributed by atoms with E-state index >= 15 is 0 Å². The van der Waals surface area contributed by atoms with Crippen molar-refractivity contribution in [1.82, 2.24) is 0 Å². The third kappa shape index (κ3) is 5.25. The lowest BCUT2D eigenvalue weighted by molar-refractivity contribution is 0.193. The van der Waals surface area contributed by atoms with Crippen LogP contribution in [0, 0.1) is 5.82 Å². The lowest BCUT2D eigenvalue weighted by Crippen LogP contribution is -2.22. The molecule has 0 fully saturated rings. The number of hydrogen-bond donors (Lipinski definition) is 2. The van der Waals surface area contributed by atoms with E-state index in [9.17, 15) is 9.50 Å². The van der Waals surface area contributed by atoms with Crippen LogP contribution in [0.1, 0.15) is 26.7 Å². The molecule has 1 aromatic carbocycles. The molecule has 108 valence electrons. The van der Waals surface area contributed by atoms with Crippen LogP contribution in [0.2, 0.25) is 0 Å². The number of rotatable bonds is 8. The van der Waals surface area contributed by atoms with Crippen LogP contribution in [0.25, 0.3) is 0 Å². The Bertz CT molecular complexity index is 386. The summed E-state index contributed by atoms with van der Waals surface area (Å²) in [6.07, 6.45) is 1.20. The van der Waals surface area contributed by atoms with E-state index in [1.54, 1.807) is 6.07 Å². The molecule has 0 bridgehead atoms. The molecule has 0 saturated heterocycles. The molecule has 0 saturated carbocycles. The molecular weight excluding hydrogens is 269 g/mol. The van der Waals surface area contributed by atoms with Crippen LogP contribution in [-0.2, 0) is 0 Å². The van der Waals surface area contributed by atoms with Gasteiger partial charge < -0.3 is 15.2 Å². The highest BCUT2D eigenvalue weighted by Gasteiger charge is 2.11. The molecule has 5 heteroatoms. The second kappa shape index (κ2) is 8.23. The first-order valence-electron chi connectivity index (χ1n) is 6.54. The van der Waals surface area contributed by atoms with E-state index < -0.39 is 6.10 Å². The minimum atomic E-state index is -0.675. The number of anilines is 1. The zero-order chi connectivity index (χ0) is 14.3. The predicted octanol–water partition coefficient (Wildman–Crippen LogP) is 3.40. The van der Waals surface area contributed by atoms with Crippen molar-refractivity contribution in [3.05, 3.63) is 24.0 Å². The predicted molar refractivity (Wildman–Crippen MR) is 76.6 cm³/mol. The Morgan fingerprint density at radius 2 is 2.05 bits per heavy atom. The fourth-order valence-electron chi connectivity index (χ4n) is 1.66. The summed E-state index contributed by atoms with van der Waals surface area (Å²) in [5, 5.41) is 12.4. The maximum absolute atomic E-state index is 13.3. The molecule has 0 heterocycles. The molecule has 0 amide bonds. The molecule has 19 heavy (non-hydrogen) atoms. The highest BCUT2D eigenvalue weighted by Crippen LogP contribution is 2.27.